The Labute approximate surface area is 150 Å². The summed E-state index contributed by atoms with van der Waals surface area (Å²) in [5.74, 6) is -0.162. The molecule has 0 unspecified atom stereocenters. The van der Waals surface area contributed by atoms with Crippen LogP contribution in [-0.4, -0.2) is 71.2 Å². The molecule has 2 aliphatic rings. The molecule has 2 fully saturated rings. The van der Waals surface area contributed by atoms with Crippen molar-refractivity contribution in [2.45, 2.75) is 24.6 Å². The van der Waals surface area contributed by atoms with Gasteiger partial charge in [0.05, 0.1) is 0 Å². The molecule has 1 aromatic rings. The Hall–Kier alpha value is -2.58. The van der Waals surface area contributed by atoms with E-state index in [4.69, 9.17) is 0 Å². The van der Waals surface area contributed by atoms with Crippen LogP contribution in [-0.2, 0) is 4.79 Å². The van der Waals surface area contributed by atoms with Crippen molar-refractivity contribution in [3.8, 4) is 0 Å². The van der Waals surface area contributed by atoms with Crippen molar-refractivity contribution in [3.05, 3.63) is 30.7 Å². The second-order valence-electron chi connectivity index (χ2n) is 6.61. The second-order valence-corrected chi connectivity index (χ2v) is 6.61. The Morgan fingerprint density at radius 2 is 1.92 bits per heavy atom. The maximum atomic E-state index is 13.6. The van der Waals surface area contributed by atoms with Gasteiger partial charge in [0, 0.05) is 57.5 Å². The zero-order chi connectivity index (χ0) is 18.7. The molecule has 26 heavy (non-hydrogen) atoms. The van der Waals surface area contributed by atoms with Gasteiger partial charge in [-0.2, -0.15) is 0 Å². The van der Waals surface area contributed by atoms with E-state index < -0.39 is 24.3 Å². The lowest BCUT2D eigenvalue weighted by Crippen LogP contribution is -2.54. The summed E-state index contributed by atoms with van der Waals surface area (Å²) in [6.45, 7) is 4.45. The molecule has 1 saturated carbocycles. The van der Waals surface area contributed by atoms with Gasteiger partial charge in [-0.25, -0.2) is 18.7 Å². The molecule has 1 aromatic heterocycles. The zero-order valence-corrected chi connectivity index (χ0v) is 14.3. The highest BCUT2D eigenvalue weighted by molar-refractivity contribution is 5.97. The smallest absolute Gasteiger partial charge is 0.273 e. The average Bonchev–Trinajstić information content (AvgIpc) is 2.66. The number of anilines is 1. The van der Waals surface area contributed by atoms with Gasteiger partial charge in [0.1, 0.15) is 12.3 Å². The molecule has 1 N–H and O–H groups in total. The predicted molar refractivity (Wildman–Crippen MR) is 91.3 cm³/mol. The van der Waals surface area contributed by atoms with Crippen LogP contribution in [0.1, 0.15) is 23.3 Å². The summed E-state index contributed by atoms with van der Waals surface area (Å²) < 4.78 is 26.2. The number of hydrogen-bond acceptors (Lipinski definition) is 5. The fraction of sp³-hybridized carbons (Fsp3) is 0.529. The summed E-state index contributed by atoms with van der Waals surface area (Å²) in [6, 6.07) is -0.403. The van der Waals surface area contributed by atoms with E-state index in [9.17, 15) is 18.4 Å². The first-order chi connectivity index (χ1) is 12.5. The van der Waals surface area contributed by atoms with E-state index in [0.29, 0.717) is 32.0 Å². The molecule has 0 spiro atoms. The van der Waals surface area contributed by atoms with E-state index in [2.05, 4.69) is 21.9 Å². The third-order valence-electron chi connectivity index (χ3n) is 4.76. The lowest BCUT2D eigenvalue weighted by atomic mass is 9.78. The van der Waals surface area contributed by atoms with Crippen LogP contribution in [0.4, 0.5) is 14.6 Å². The van der Waals surface area contributed by atoms with Crippen LogP contribution in [0.5, 0.6) is 0 Å². The standard InChI is InChI=1S/C17H21F2N5O2/c1-2-13(25)23-5-7-24(8-6-23)15-14(20-3-4-21-15)16(26)22-12-9-17(19,10-12)11-18/h2-4,12H,1,5-11H2,(H,22,26). The van der Waals surface area contributed by atoms with Crippen molar-refractivity contribution in [3.63, 3.8) is 0 Å². The van der Waals surface area contributed by atoms with Gasteiger partial charge in [-0.1, -0.05) is 6.58 Å². The van der Waals surface area contributed by atoms with E-state index in [-0.39, 0.29) is 24.4 Å². The van der Waals surface area contributed by atoms with Crippen LogP contribution in [0, 0.1) is 0 Å². The number of carbonyl (C=O) groups excluding carboxylic acids is 2. The van der Waals surface area contributed by atoms with Crippen LogP contribution in [0.3, 0.4) is 0 Å². The van der Waals surface area contributed by atoms with Gasteiger partial charge in [0.25, 0.3) is 5.91 Å². The van der Waals surface area contributed by atoms with Crippen molar-refractivity contribution < 1.29 is 18.4 Å². The number of amides is 2. The molecule has 0 aromatic carbocycles. The molecular formula is C17H21F2N5O2. The molecule has 0 radical (unpaired) electrons. The molecule has 1 aliphatic carbocycles. The first-order valence-electron chi connectivity index (χ1n) is 8.49. The summed E-state index contributed by atoms with van der Waals surface area (Å²) in [7, 11) is 0. The van der Waals surface area contributed by atoms with Gasteiger partial charge in [0.2, 0.25) is 5.91 Å². The van der Waals surface area contributed by atoms with E-state index in [1.807, 2.05) is 4.90 Å². The van der Waals surface area contributed by atoms with Crippen molar-refractivity contribution in [1.29, 1.82) is 0 Å². The number of nitrogens with zero attached hydrogens (tertiary/aromatic N) is 4. The maximum absolute atomic E-state index is 13.6. The van der Waals surface area contributed by atoms with Gasteiger partial charge in [-0.3, -0.25) is 9.59 Å². The highest BCUT2D eigenvalue weighted by atomic mass is 19.2. The van der Waals surface area contributed by atoms with Crippen LogP contribution in [0.15, 0.2) is 25.0 Å². The molecule has 3 rings (SSSR count). The number of hydrogen-bond donors (Lipinski definition) is 1. The Morgan fingerprint density at radius 1 is 1.27 bits per heavy atom. The van der Waals surface area contributed by atoms with Crippen molar-refractivity contribution in [1.82, 2.24) is 20.2 Å². The lowest BCUT2D eigenvalue weighted by Gasteiger charge is -2.39. The molecule has 0 bridgehead atoms. The molecule has 1 saturated heterocycles. The molecule has 2 amide bonds. The minimum atomic E-state index is -1.82. The molecule has 140 valence electrons. The molecule has 1 aliphatic heterocycles. The van der Waals surface area contributed by atoms with E-state index in [0.717, 1.165) is 0 Å². The molecule has 7 nitrogen and oxygen atoms in total. The minimum absolute atomic E-state index is 0.0345. The number of carbonyl (C=O) groups is 2. The molecule has 9 heteroatoms. The van der Waals surface area contributed by atoms with Gasteiger partial charge in [0.15, 0.2) is 11.5 Å². The van der Waals surface area contributed by atoms with Crippen molar-refractivity contribution >= 4 is 17.6 Å². The maximum Gasteiger partial charge on any atom is 0.273 e. The molecular weight excluding hydrogens is 344 g/mol. The van der Waals surface area contributed by atoms with Crippen molar-refractivity contribution in [2.24, 2.45) is 0 Å². The van der Waals surface area contributed by atoms with Crippen LogP contribution >= 0.6 is 0 Å². The summed E-state index contributed by atoms with van der Waals surface area (Å²) >= 11 is 0. The summed E-state index contributed by atoms with van der Waals surface area (Å²) in [4.78, 5) is 36.1. The third-order valence-corrected chi connectivity index (χ3v) is 4.76. The summed E-state index contributed by atoms with van der Waals surface area (Å²) in [5.41, 5.74) is -1.68. The van der Waals surface area contributed by atoms with Crippen molar-refractivity contribution in [2.75, 3.05) is 37.8 Å². The topological polar surface area (TPSA) is 78.4 Å². The fourth-order valence-corrected chi connectivity index (χ4v) is 3.28. The molecule has 2 heterocycles. The highest BCUT2D eigenvalue weighted by Crippen LogP contribution is 2.36. The Kier molecular flexibility index (Phi) is 5.15. The van der Waals surface area contributed by atoms with Gasteiger partial charge in [-0.15, -0.1) is 0 Å². The Morgan fingerprint density at radius 3 is 2.54 bits per heavy atom. The van der Waals surface area contributed by atoms with E-state index in [1.54, 1.807) is 4.90 Å². The van der Waals surface area contributed by atoms with Gasteiger partial charge >= 0.3 is 0 Å². The van der Waals surface area contributed by atoms with Gasteiger partial charge < -0.3 is 15.1 Å². The third kappa shape index (κ3) is 3.66. The first kappa shape index (κ1) is 18.2. The SMILES string of the molecule is C=CC(=O)N1CCN(c2nccnc2C(=O)NC2CC(F)(CF)C2)CC1. The highest BCUT2D eigenvalue weighted by Gasteiger charge is 2.46. The average molecular weight is 365 g/mol. The molecule has 0 atom stereocenters. The van der Waals surface area contributed by atoms with E-state index >= 15 is 0 Å². The van der Waals surface area contributed by atoms with E-state index in [1.165, 1.54) is 18.5 Å². The fourth-order valence-electron chi connectivity index (χ4n) is 3.28. The lowest BCUT2D eigenvalue weighted by molar-refractivity contribution is -0.126. The second kappa shape index (κ2) is 7.35. The Bertz CT molecular complexity index is 700. The van der Waals surface area contributed by atoms with Crippen LogP contribution < -0.4 is 10.2 Å². The number of halogens is 2. The predicted octanol–water partition coefficient (Wildman–Crippen LogP) is 0.881. The number of alkyl halides is 2. The zero-order valence-electron chi connectivity index (χ0n) is 14.3. The first-order valence-corrected chi connectivity index (χ1v) is 8.49. The quantitative estimate of drug-likeness (QED) is 0.784. The number of nitrogens with one attached hydrogen (secondary N) is 1. The van der Waals surface area contributed by atoms with Gasteiger partial charge in [-0.05, 0) is 6.08 Å². The number of rotatable bonds is 5. The number of piperazine rings is 1. The monoisotopic (exact) mass is 365 g/mol. The van der Waals surface area contributed by atoms with Crippen LogP contribution in [0.2, 0.25) is 0 Å². The number of aromatic nitrogens is 2. The normalized spacial score (nSPS) is 25.4. The summed E-state index contributed by atoms with van der Waals surface area (Å²) in [6.07, 6.45) is 4.11. The minimum Gasteiger partial charge on any atom is -0.351 e. The van der Waals surface area contributed by atoms with Crippen LogP contribution in [0.25, 0.3) is 0 Å². The Balaban J connectivity index is 1.64. The summed E-state index contributed by atoms with van der Waals surface area (Å²) in [5, 5.41) is 2.69. The largest absolute Gasteiger partial charge is 0.351 e.